The van der Waals surface area contributed by atoms with Gasteiger partial charge in [-0.15, -0.1) is 10.2 Å². The molecule has 1 fully saturated rings. The number of unbranched alkanes of at least 4 members (excludes halogenated alkanes) is 1. The minimum absolute atomic E-state index is 0.252. The van der Waals surface area contributed by atoms with Gasteiger partial charge in [0.2, 0.25) is 0 Å². The van der Waals surface area contributed by atoms with E-state index in [0.29, 0.717) is 24.7 Å². The molecule has 32 heavy (non-hydrogen) atoms. The molecule has 0 atom stereocenters. The highest BCUT2D eigenvalue weighted by Crippen LogP contribution is 2.42. The van der Waals surface area contributed by atoms with Crippen LogP contribution in [0.5, 0.6) is 0 Å². The number of aryl methyl sites for hydroxylation is 3. The van der Waals surface area contributed by atoms with Crippen LogP contribution >= 0.6 is 0 Å². The van der Waals surface area contributed by atoms with E-state index < -0.39 is 0 Å². The Morgan fingerprint density at radius 2 is 2.09 bits per heavy atom. The molecule has 9 nitrogen and oxygen atoms in total. The molecule has 0 spiro atoms. The van der Waals surface area contributed by atoms with E-state index in [1.807, 2.05) is 18.2 Å². The third kappa shape index (κ3) is 4.51. The number of carbonyl (C=O) groups excluding carboxylic acids is 1. The molecule has 0 aromatic carbocycles. The number of nitrogens with zero attached hydrogens (tertiary/aromatic N) is 6. The van der Waals surface area contributed by atoms with Crippen molar-refractivity contribution in [3.63, 3.8) is 0 Å². The van der Waals surface area contributed by atoms with E-state index in [0.717, 1.165) is 36.3 Å². The van der Waals surface area contributed by atoms with Crippen LogP contribution < -0.4 is 5.32 Å². The maximum atomic E-state index is 12.3. The third-order valence-corrected chi connectivity index (χ3v) is 5.89. The second-order valence-corrected chi connectivity index (χ2v) is 8.36. The quantitative estimate of drug-likeness (QED) is 0.395. The van der Waals surface area contributed by atoms with Crippen LogP contribution in [0.4, 0.5) is 0 Å². The lowest BCUT2D eigenvalue weighted by atomic mass is 10.1. The van der Waals surface area contributed by atoms with Gasteiger partial charge < -0.3 is 10.3 Å². The number of rotatable bonds is 9. The number of amides is 1. The number of nitrogens with one attached hydrogen (secondary N) is 2. The van der Waals surface area contributed by atoms with Crippen molar-refractivity contribution < 1.29 is 4.79 Å². The van der Waals surface area contributed by atoms with Gasteiger partial charge in [0.25, 0.3) is 5.91 Å². The Morgan fingerprint density at radius 3 is 2.91 bits per heavy atom. The highest BCUT2D eigenvalue weighted by molar-refractivity contribution is 5.91. The van der Waals surface area contributed by atoms with E-state index in [1.54, 1.807) is 17.1 Å². The van der Waals surface area contributed by atoms with Crippen molar-refractivity contribution >= 4 is 16.9 Å². The number of aromatic nitrogens is 7. The van der Waals surface area contributed by atoms with Crippen molar-refractivity contribution in [1.29, 1.82) is 0 Å². The monoisotopic (exact) mass is 430 g/mol. The summed E-state index contributed by atoms with van der Waals surface area (Å²) >= 11 is 0. The summed E-state index contributed by atoms with van der Waals surface area (Å²) in [6, 6.07) is 7.76. The molecular formula is C23H26N8O. The van der Waals surface area contributed by atoms with Crippen molar-refractivity contribution in [2.24, 2.45) is 0 Å². The highest BCUT2D eigenvalue weighted by Gasteiger charge is 2.27. The summed E-state index contributed by atoms with van der Waals surface area (Å²) < 4.78 is 1.71. The molecule has 9 heteroatoms. The van der Waals surface area contributed by atoms with E-state index >= 15 is 0 Å². The molecule has 0 saturated heterocycles. The number of hydrogen-bond acceptors (Lipinski definition) is 6. The standard InChI is InChI=1S/C23H26N8O/c1-15-19-12-17(27-29-22(19)26-21(15)16-8-9-16)6-3-5-11-31-14-20(28-30-31)23(32)25-13-18-7-2-4-10-24-18/h2,4,7,10,12,14,16H,3,5-6,8-9,11,13H2,1H3,(H,25,32)(H,26,29). The Bertz CT molecular complexity index is 1230. The maximum absolute atomic E-state index is 12.3. The minimum Gasteiger partial charge on any atom is -0.345 e. The second-order valence-electron chi connectivity index (χ2n) is 8.36. The van der Waals surface area contributed by atoms with Crippen LogP contribution in [0.2, 0.25) is 0 Å². The first-order valence-corrected chi connectivity index (χ1v) is 11.1. The molecule has 0 bridgehead atoms. The molecule has 4 heterocycles. The second kappa shape index (κ2) is 8.86. The average Bonchev–Trinajstić information content (AvgIpc) is 3.46. The van der Waals surface area contributed by atoms with Gasteiger partial charge in [-0.2, -0.15) is 5.10 Å². The van der Waals surface area contributed by atoms with Crippen LogP contribution in [0.15, 0.2) is 36.7 Å². The normalized spacial score (nSPS) is 13.5. The van der Waals surface area contributed by atoms with E-state index in [4.69, 9.17) is 0 Å². The third-order valence-electron chi connectivity index (χ3n) is 5.89. The largest absolute Gasteiger partial charge is 0.345 e. The van der Waals surface area contributed by atoms with E-state index in [2.05, 4.69) is 48.8 Å². The predicted octanol–water partition coefficient (Wildman–Crippen LogP) is 3.08. The van der Waals surface area contributed by atoms with E-state index in [1.165, 1.54) is 29.5 Å². The fraction of sp³-hybridized carbons (Fsp3) is 0.391. The highest BCUT2D eigenvalue weighted by atomic mass is 16.2. The summed E-state index contributed by atoms with van der Waals surface area (Å²) in [4.78, 5) is 19.9. The van der Waals surface area contributed by atoms with E-state index in [9.17, 15) is 4.79 Å². The van der Waals surface area contributed by atoms with Gasteiger partial charge in [-0.05, 0) is 68.7 Å². The first kappa shape index (κ1) is 20.3. The molecule has 0 unspecified atom stereocenters. The molecule has 4 aromatic heterocycles. The van der Waals surface area contributed by atoms with Crippen LogP contribution in [-0.4, -0.2) is 41.1 Å². The van der Waals surface area contributed by atoms with Gasteiger partial charge in [-0.1, -0.05) is 11.3 Å². The summed E-state index contributed by atoms with van der Waals surface area (Å²) in [5, 5.41) is 20.8. The van der Waals surface area contributed by atoms with Gasteiger partial charge in [0.05, 0.1) is 24.1 Å². The van der Waals surface area contributed by atoms with Crippen molar-refractivity contribution in [3.05, 3.63) is 65.0 Å². The zero-order valence-corrected chi connectivity index (χ0v) is 18.1. The van der Waals surface area contributed by atoms with Gasteiger partial charge in [0.15, 0.2) is 11.3 Å². The molecule has 1 amide bonds. The lowest BCUT2D eigenvalue weighted by Crippen LogP contribution is -2.23. The number of H-pyrrole nitrogens is 1. The summed E-state index contributed by atoms with van der Waals surface area (Å²) in [6.45, 7) is 3.23. The van der Waals surface area contributed by atoms with Crippen molar-refractivity contribution in [2.75, 3.05) is 0 Å². The topological polar surface area (TPSA) is 114 Å². The Morgan fingerprint density at radius 1 is 1.19 bits per heavy atom. The molecule has 2 N–H and O–H groups in total. The van der Waals surface area contributed by atoms with Crippen LogP contribution in [0.1, 0.15) is 64.7 Å². The molecule has 1 aliphatic carbocycles. The number of pyridine rings is 1. The summed E-state index contributed by atoms with van der Waals surface area (Å²) in [5.41, 5.74) is 5.66. The summed E-state index contributed by atoms with van der Waals surface area (Å²) in [6.07, 6.45) is 8.65. The molecule has 5 rings (SSSR count). The summed E-state index contributed by atoms with van der Waals surface area (Å²) in [5.74, 6) is 0.426. The van der Waals surface area contributed by atoms with Crippen LogP contribution in [-0.2, 0) is 19.5 Å². The molecule has 164 valence electrons. The maximum Gasteiger partial charge on any atom is 0.273 e. The Hall–Kier alpha value is -3.62. The average molecular weight is 431 g/mol. The van der Waals surface area contributed by atoms with Gasteiger partial charge in [-0.25, -0.2) is 0 Å². The smallest absolute Gasteiger partial charge is 0.273 e. The molecule has 0 radical (unpaired) electrons. The van der Waals surface area contributed by atoms with Crippen LogP contribution in [0.3, 0.4) is 0 Å². The SMILES string of the molecule is Cc1c(C2CC2)[nH]c2nnc(CCCCn3cc(C(=O)NCc4ccccn4)nn3)cc12. The van der Waals surface area contributed by atoms with Crippen molar-refractivity contribution in [1.82, 2.24) is 40.5 Å². The molecule has 1 aliphatic rings. The van der Waals surface area contributed by atoms with Crippen molar-refractivity contribution in [3.8, 4) is 0 Å². The molecule has 0 aliphatic heterocycles. The van der Waals surface area contributed by atoms with Gasteiger partial charge >= 0.3 is 0 Å². The van der Waals surface area contributed by atoms with Crippen LogP contribution in [0.25, 0.3) is 11.0 Å². The summed E-state index contributed by atoms with van der Waals surface area (Å²) in [7, 11) is 0. The minimum atomic E-state index is -0.252. The first-order valence-electron chi connectivity index (χ1n) is 11.1. The molecular weight excluding hydrogens is 404 g/mol. The fourth-order valence-electron chi connectivity index (χ4n) is 3.93. The molecule has 4 aromatic rings. The van der Waals surface area contributed by atoms with Crippen molar-refractivity contribution in [2.45, 2.75) is 58.0 Å². The Labute approximate surface area is 185 Å². The van der Waals surface area contributed by atoms with E-state index in [-0.39, 0.29) is 5.91 Å². The number of carbonyl (C=O) groups is 1. The zero-order chi connectivity index (χ0) is 21.9. The lowest BCUT2D eigenvalue weighted by molar-refractivity contribution is 0.0945. The zero-order valence-electron chi connectivity index (χ0n) is 18.1. The predicted molar refractivity (Wildman–Crippen MR) is 119 cm³/mol. The molecule has 1 saturated carbocycles. The van der Waals surface area contributed by atoms with Crippen LogP contribution in [0, 0.1) is 6.92 Å². The van der Waals surface area contributed by atoms with Gasteiger partial charge in [0.1, 0.15) is 0 Å². The number of aromatic amines is 1. The Kier molecular flexibility index (Phi) is 5.62. The van der Waals surface area contributed by atoms with Gasteiger partial charge in [0, 0.05) is 23.8 Å². The number of hydrogen-bond donors (Lipinski definition) is 2. The number of fused-ring (bicyclic) bond motifs is 1. The lowest BCUT2D eigenvalue weighted by Gasteiger charge is -2.02. The van der Waals surface area contributed by atoms with Gasteiger partial charge in [-0.3, -0.25) is 14.5 Å². The first-order chi connectivity index (χ1) is 15.7. The Balaban J connectivity index is 1.10. The fourth-order valence-corrected chi connectivity index (χ4v) is 3.93.